The van der Waals surface area contributed by atoms with Gasteiger partial charge in [0.2, 0.25) is 6.10 Å². The molecule has 0 bridgehead atoms. The lowest BCUT2D eigenvalue weighted by molar-refractivity contribution is -0.140. The van der Waals surface area contributed by atoms with Crippen LogP contribution in [0.1, 0.15) is 34.9 Å². The fraction of sp³-hybridized carbons (Fsp3) is 0.278. The Hall–Kier alpha value is -2.89. The van der Waals surface area contributed by atoms with Gasteiger partial charge in [0.15, 0.2) is 0 Å². The van der Waals surface area contributed by atoms with Crippen LogP contribution >= 0.6 is 0 Å². The lowest BCUT2D eigenvalue weighted by Crippen LogP contribution is -2.35. The Morgan fingerprint density at radius 2 is 1.75 bits per heavy atom. The van der Waals surface area contributed by atoms with Gasteiger partial charge in [0, 0.05) is 24.8 Å². The highest BCUT2D eigenvalue weighted by Gasteiger charge is 2.31. The molecule has 0 spiro atoms. The predicted octanol–water partition coefficient (Wildman–Crippen LogP) is 1.90. The maximum Gasteiger partial charge on any atom is 0.344 e. The molecule has 0 radical (unpaired) electrons. The number of rotatable bonds is 4. The molecule has 0 unspecified atom stereocenters. The zero-order valence-electron chi connectivity index (χ0n) is 13.1. The summed E-state index contributed by atoms with van der Waals surface area (Å²) in [5.74, 6) is -1.06. The van der Waals surface area contributed by atoms with Crippen molar-refractivity contribution in [3.05, 3.63) is 70.1 Å². The quantitative estimate of drug-likeness (QED) is 0.870. The number of nitrogens with one attached hydrogen (secondary N) is 1. The minimum Gasteiger partial charge on any atom is -0.444 e. The number of benzene rings is 1. The van der Waals surface area contributed by atoms with Gasteiger partial charge in [0.05, 0.1) is 0 Å². The standard InChI is InChI=1S/C18H18N2O4/c21-16-14(9-6-10-19-16)18(23)24-15(13-7-2-1-3-8-13)17(22)20-11-4-5-12-20/h1-3,6-10,15H,4-5,11-12H2,(H,19,21)/t15-/m1/s1. The molecule has 1 amide bonds. The van der Waals surface area contributed by atoms with Crippen molar-refractivity contribution in [1.29, 1.82) is 0 Å². The molecule has 1 atom stereocenters. The highest BCUT2D eigenvalue weighted by atomic mass is 16.5. The molecule has 1 aromatic carbocycles. The maximum atomic E-state index is 12.8. The van der Waals surface area contributed by atoms with E-state index in [2.05, 4.69) is 4.98 Å². The van der Waals surface area contributed by atoms with E-state index in [1.165, 1.54) is 18.3 Å². The van der Waals surface area contributed by atoms with Gasteiger partial charge in [-0.05, 0) is 25.0 Å². The van der Waals surface area contributed by atoms with Gasteiger partial charge in [-0.15, -0.1) is 0 Å². The first-order valence-corrected chi connectivity index (χ1v) is 7.89. The van der Waals surface area contributed by atoms with Crippen molar-refractivity contribution in [3.8, 4) is 0 Å². The Morgan fingerprint density at radius 1 is 1.04 bits per heavy atom. The van der Waals surface area contributed by atoms with Crippen molar-refractivity contribution >= 4 is 11.9 Å². The molecule has 0 aliphatic carbocycles. The van der Waals surface area contributed by atoms with Crippen molar-refractivity contribution in [2.45, 2.75) is 18.9 Å². The molecular weight excluding hydrogens is 308 g/mol. The second-order valence-electron chi connectivity index (χ2n) is 5.64. The Morgan fingerprint density at radius 3 is 2.42 bits per heavy atom. The van der Waals surface area contributed by atoms with Gasteiger partial charge < -0.3 is 14.6 Å². The Labute approximate surface area is 139 Å². The predicted molar refractivity (Wildman–Crippen MR) is 87.5 cm³/mol. The largest absolute Gasteiger partial charge is 0.444 e. The average Bonchev–Trinajstić information content (AvgIpc) is 3.15. The van der Waals surface area contributed by atoms with Crippen LogP contribution in [0.25, 0.3) is 0 Å². The third kappa shape index (κ3) is 3.37. The average molecular weight is 326 g/mol. The number of likely N-dealkylation sites (tertiary alicyclic amines) is 1. The van der Waals surface area contributed by atoms with E-state index in [9.17, 15) is 14.4 Å². The molecule has 1 saturated heterocycles. The van der Waals surface area contributed by atoms with Crippen LogP contribution in [0, 0.1) is 0 Å². The maximum absolute atomic E-state index is 12.8. The summed E-state index contributed by atoms with van der Waals surface area (Å²) in [5, 5.41) is 0. The summed E-state index contributed by atoms with van der Waals surface area (Å²) in [7, 11) is 0. The fourth-order valence-electron chi connectivity index (χ4n) is 2.75. The first kappa shape index (κ1) is 16.0. The molecule has 6 heteroatoms. The van der Waals surface area contributed by atoms with Crippen LogP contribution in [0.4, 0.5) is 0 Å². The zero-order valence-corrected chi connectivity index (χ0v) is 13.1. The lowest BCUT2D eigenvalue weighted by Gasteiger charge is -2.23. The normalized spacial score (nSPS) is 15.1. The fourth-order valence-corrected chi connectivity index (χ4v) is 2.75. The molecule has 2 heterocycles. The minimum absolute atomic E-state index is 0.118. The van der Waals surface area contributed by atoms with Crippen molar-refractivity contribution in [2.24, 2.45) is 0 Å². The molecule has 1 N–H and O–H groups in total. The number of ether oxygens (including phenoxy) is 1. The van der Waals surface area contributed by atoms with E-state index in [0.29, 0.717) is 18.7 Å². The van der Waals surface area contributed by atoms with Gasteiger partial charge in [-0.2, -0.15) is 0 Å². The van der Waals surface area contributed by atoms with E-state index in [4.69, 9.17) is 4.74 Å². The lowest BCUT2D eigenvalue weighted by atomic mass is 10.1. The van der Waals surface area contributed by atoms with E-state index in [1.54, 1.807) is 29.2 Å². The Kier molecular flexibility index (Phi) is 4.74. The first-order chi connectivity index (χ1) is 11.7. The van der Waals surface area contributed by atoms with E-state index in [0.717, 1.165) is 12.8 Å². The van der Waals surface area contributed by atoms with Gasteiger partial charge in [-0.1, -0.05) is 30.3 Å². The number of hydrogen-bond donors (Lipinski definition) is 1. The van der Waals surface area contributed by atoms with Crippen LogP contribution in [-0.2, 0) is 9.53 Å². The number of amides is 1. The number of esters is 1. The number of nitrogens with zero attached hydrogens (tertiary/aromatic N) is 1. The van der Waals surface area contributed by atoms with Gasteiger partial charge in [-0.25, -0.2) is 4.79 Å². The molecule has 2 aromatic rings. The van der Waals surface area contributed by atoms with E-state index < -0.39 is 17.6 Å². The van der Waals surface area contributed by atoms with Crippen LogP contribution in [-0.4, -0.2) is 34.8 Å². The topological polar surface area (TPSA) is 79.5 Å². The monoisotopic (exact) mass is 326 g/mol. The number of carbonyl (C=O) groups is 2. The summed E-state index contributed by atoms with van der Waals surface area (Å²) in [6.45, 7) is 1.32. The molecule has 0 saturated carbocycles. The summed E-state index contributed by atoms with van der Waals surface area (Å²) >= 11 is 0. The number of aromatic amines is 1. The van der Waals surface area contributed by atoms with E-state index >= 15 is 0 Å². The van der Waals surface area contributed by atoms with Crippen LogP contribution in [0.5, 0.6) is 0 Å². The molecule has 1 aliphatic heterocycles. The van der Waals surface area contributed by atoms with Crippen LogP contribution < -0.4 is 5.56 Å². The summed E-state index contributed by atoms with van der Waals surface area (Å²) in [4.78, 5) is 41.0. The smallest absolute Gasteiger partial charge is 0.344 e. The van der Waals surface area contributed by atoms with Gasteiger partial charge >= 0.3 is 5.97 Å². The SMILES string of the molecule is O=C(O[C@@H](C(=O)N1CCCC1)c1ccccc1)c1ccc[nH]c1=O. The number of H-pyrrole nitrogens is 1. The number of pyridine rings is 1. The number of carbonyl (C=O) groups excluding carboxylic acids is 2. The zero-order chi connectivity index (χ0) is 16.9. The summed E-state index contributed by atoms with van der Waals surface area (Å²) < 4.78 is 5.43. The molecule has 124 valence electrons. The number of hydrogen-bond acceptors (Lipinski definition) is 4. The highest BCUT2D eigenvalue weighted by Crippen LogP contribution is 2.23. The van der Waals surface area contributed by atoms with Crippen molar-refractivity contribution < 1.29 is 14.3 Å². The minimum atomic E-state index is -1.04. The molecule has 6 nitrogen and oxygen atoms in total. The van der Waals surface area contributed by atoms with Crippen molar-refractivity contribution in [2.75, 3.05) is 13.1 Å². The molecule has 1 aliphatic rings. The number of aromatic nitrogens is 1. The van der Waals surface area contributed by atoms with Gasteiger partial charge in [0.1, 0.15) is 5.56 Å². The van der Waals surface area contributed by atoms with Gasteiger partial charge in [-0.3, -0.25) is 9.59 Å². The summed E-state index contributed by atoms with van der Waals surface area (Å²) in [5.41, 5.74) is -0.0642. The summed E-state index contributed by atoms with van der Waals surface area (Å²) in [6, 6.07) is 11.8. The van der Waals surface area contributed by atoms with Gasteiger partial charge in [0.25, 0.3) is 11.5 Å². The second kappa shape index (κ2) is 7.12. The van der Waals surface area contributed by atoms with E-state index in [1.807, 2.05) is 6.07 Å². The molecule has 24 heavy (non-hydrogen) atoms. The molecule has 1 aromatic heterocycles. The van der Waals surface area contributed by atoms with Crippen molar-refractivity contribution in [1.82, 2.24) is 9.88 Å². The Bertz CT molecular complexity index is 779. The summed E-state index contributed by atoms with van der Waals surface area (Å²) in [6.07, 6.45) is 2.28. The Balaban J connectivity index is 1.87. The van der Waals surface area contributed by atoms with Crippen molar-refractivity contribution in [3.63, 3.8) is 0 Å². The van der Waals surface area contributed by atoms with Crippen LogP contribution in [0.3, 0.4) is 0 Å². The van der Waals surface area contributed by atoms with Crippen LogP contribution in [0.15, 0.2) is 53.5 Å². The second-order valence-corrected chi connectivity index (χ2v) is 5.64. The molecular formula is C18H18N2O4. The van der Waals surface area contributed by atoms with Crippen LogP contribution in [0.2, 0.25) is 0 Å². The van der Waals surface area contributed by atoms with E-state index in [-0.39, 0.29) is 11.5 Å². The third-order valence-corrected chi connectivity index (χ3v) is 4.01. The highest BCUT2D eigenvalue weighted by molar-refractivity contribution is 5.92. The molecule has 3 rings (SSSR count). The molecule has 1 fully saturated rings. The first-order valence-electron chi connectivity index (χ1n) is 7.89. The third-order valence-electron chi connectivity index (χ3n) is 4.01.